The molecule has 3 saturated carbocycles. The molecule has 0 aliphatic heterocycles. The number of ether oxygens (including phenoxy) is 1. The van der Waals surface area contributed by atoms with Crippen molar-refractivity contribution in [2.45, 2.75) is 44.5 Å². The Morgan fingerprint density at radius 3 is 2.47 bits per heavy atom. The third-order valence-electron chi connectivity index (χ3n) is 5.68. The number of benzene rings is 1. The normalized spacial score (nSPS) is 43.6. The van der Waals surface area contributed by atoms with E-state index < -0.39 is 0 Å². The predicted octanol–water partition coefficient (Wildman–Crippen LogP) is 3.00. The summed E-state index contributed by atoms with van der Waals surface area (Å²) in [6, 6.07) is 10.4. The van der Waals surface area contributed by atoms with E-state index in [1.165, 1.54) is 24.8 Å². The average Bonchev–Trinajstić information content (AvgIpc) is 2.79. The van der Waals surface area contributed by atoms with Crippen LogP contribution in [0, 0.1) is 23.7 Å². The van der Waals surface area contributed by atoms with E-state index in [9.17, 15) is 5.11 Å². The first-order valence-electron chi connectivity index (χ1n) is 7.65. The van der Waals surface area contributed by atoms with Gasteiger partial charge >= 0.3 is 0 Å². The largest absolute Gasteiger partial charge is 0.393 e. The quantitative estimate of drug-likeness (QED) is 0.903. The summed E-state index contributed by atoms with van der Waals surface area (Å²) in [5.41, 5.74) is 1.26. The molecule has 19 heavy (non-hydrogen) atoms. The minimum atomic E-state index is -0.0495. The molecule has 0 spiro atoms. The first-order chi connectivity index (χ1) is 9.31. The van der Waals surface area contributed by atoms with Crippen molar-refractivity contribution >= 4 is 0 Å². The highest BCUT2D eigenvalue weighted by molar-refractivity contribution is 5.13. The summed E-state index contributed by atoms with van der Waals surface area (Å²) < 4.78 is 6.22. The lowest BCUT2D eigenvalue weighted by molar-refractivity contribution is -0.0732. The molecule has 6 unspecified atom stereocenters. The van der Waals surface area contributed by atoms with Gasteiger partial charge in [0.05, 0.1) is 18.8 Å². The Labute approximate surface area is 114 Å². The zero-order valence-electron chi connectivity index (χ0n) is 11.2. The summed E-state index contributed by atoms with van der Waals surface area (Å²) in [5.74, 6) is 2.61. The van der Waals surface area contributed by atoms with Gasteiger partial charge in [0, 0.05) is 0 Å². The topological polar surface area (TPSA) is 29.5 Å². The maximum atomic E-state index is 10.3. The Kier molecular flexibility index (Phi) is 2.89. The van der Waals surface area contributed by atoms with Crippen molar-refractivity contribution in [1.29, 1.82) is 0 Å². The van der Waals surface area contributed by atoms with Gasteiger partial charge < -0.3 is 9.84 Å². The fraction of sp³-hybridized carbons (Fsp3) is 0.647. The number of aliphatic hydroxyl groups excluding tert-OH is 1. The van der Waals surface area contributed by atoms with Crippen molar-refractivity contribution in [3.05, 3.63) is 35.9 Å². The molecule has 1 N–H and O–H groups in total. The highest BCUT2D eigenvalue weighted by Gasteiger charge is 2.53. The molecule has 0 saturated heterocycles. The maximum absolute atomic E-state index is 10.3. The van der Waals surface area contributed by atoms with E-state index >= 15 is 0 Å². The van der Waals surface area contributed by atoms with Gasteiger partial charge in [0.1, 0.15) is 0 Å². The fourth-order valence-corrected chi connectivity index (χ4v) is 4.80. The van der Waals surface area contributed by atoms with Crippen molar-refractivity contribution in [2.75, 3.05) is 0 Å². The molecule has 3 bridgehead atoms. The lowest BCUT2D eigenvalue weighted by atomic mass is 9.69. The predicted molar refractivity (Wildman–Crippen MR) is 73.5 cm³/mol. The van der Waals surface area contributed by atoms with Crippen LogP contribution < -0.4 is 0 Å². The SMILES string of the molecule is OC1C2CC3CC1CC3C(OCc1ccccc1)C2. The Balaban J connectivity index is 1.45. The zero-order chi connectivity index (χ0) is 12.8. The van der Waals surface area contributed by atoms with Crippen LogP contribution >= 0.6 is 0 Å². The molecule has 2 heteroatoms. The van der Waals surface area contributed by atoms with Crippen LogP contribution in [-0.4, -0.2) is 17.3 Å². The van der Waals surface area contributed by atoms with Crippen molar-refractivity contribution in [2.24, 2.45) is 23.7 Å². The van der Waals surface area contributed by atoms with Crippen molar-refractivity contribution in [1.82, 2.24) is 0 Å². The molecule has 3 aliphatic rings. The average molecular weight is 258 g/mol. The van der Waals surface area contributed by atoms with Gasteiger partial charge in [0.15, 0.2) is 0 Å². The smallest absolute Gasteiger partial charge is 0.0720 e. The van der Waals surface area contributed by atoms with Gasteiger partial charge in [0.2, 0.25) is 0 Å². The summed E-state index contributed by atoms with van der Waals surface area (Å²) in [4.78, 5) is 0. The van der Waals surface area contributed by atoms with E-state index in [-0.39, 0.29) is 6.10 Å². The van der Waals surface area contributed by atoms with Crippen LogP contribution in [0.2, 0.25) is 0 Å². The van der Waals surface area contributed by atoms with Crippen LogP contribution in [0.15, 0.2) is 30.3 Å². The van der Waals surface area contributed by atoms with Crippen LogP contribution in [-0.2, 0) is 11.3 Å². The van der Waals surface area contributed by atoms with Crippen LogP contribution in [0.25, 0.3) is 0 Å². The van der Waals surface area contributed by atoms with E-state index in [2.05, 4.69) is 24.3 Å². The molecule has 6 atom stereocenters. The van der Waals surface area contributed by atoms with Crippen LogP contribution in [0.5, 0.6) is 0 Å². The molecule has 0 amide bonds. The third-order valence-corrected chi connectivity index (χ3v) is 5.68. The molecule has 2 nitrogen and oxygen atoms in total. The van der Waals surface area contributed by atoms with Crippen LogP contribution in [0.1, 0.15) is 31.2 Å². The van der Waals surface area contributed by atoms with Gasteiger partial charge in [0.25, 0.3) is 0 Å². The van der Waals surface area contributed by atoms with Gasteiger partial charge in [-0.05, 0) is 54.9 Å². The zero-order valence-corrected chi connectivity index (χ0v) is 11.2. The molecule has 102 valence electrons. The summed E-state index contributed by atoms with van der Waals surface area (Å²) in [5, 5.41) is 10.3. The van der Waals surface area contributed by atoms with Gasteiger partial charge in [-0.3, -0.25) is 0 Å². The van der Waals surface area contributed by atoms with Crippen LogP contribution in [0.4, 0.5) is 0 Å². The Bertz CT molecular complexity index is 444. The standard InChI is InChI=1S/C17H22O2/c18-17-13-6-12-7-14(17)9-16(15(12)8-13)19-10-11-4-2-1-3-5-11/h1-5,12-18H,6-10H2. The molecule has 3 fully saturated rings. The summed E-state index contributed by atoms with van der Waals surface area (Å²) in [7, 11) is 0. The fourth-order valence-electron chi connectivity index (χ4n) is 4.80. The first kappa shape index (κ1) is 11.9. The highest BCUT2D eigenvalue weighted by atomic mass is 16.5. The van der Waals surface area contributed by atoms with E-state index in [0.29, 0.717) is 23.9 Å². The number of hydrogen-bond acceptors (Lipinski definition) is 2. The van der Waals surface area contributed by atoms with E-state index in [0.717, 1.165) is 18.9 Å². The van der Waals surface area contributed by atoms with Gasteiger partial charge in [-0.1, -0.05) is 30.3 Å². The number of rotatable bonds is 3. The molecule has 3 aliphatic carbocycles. The second-order valence-corrected chi connectivity index (χ2v) is 6.71. The molecule has 0 aromatic heterocycles. The number of hydrogen-bond donors (Lipinski definition) is 1. The summed E-state index contributed by atoms with van der Waals surface area (Å²) >= 11 is 0. The van der Waals surface area contributed by atoms with Crippen molar-refractivity contribution in [3.8, 4) is 0 Å². The van der Waals surface area contributed by atoms with Gasteiger partial charge in [-0.15, -0.1) is 0 Å². The van der Waals surface area contributed by atoms with Crippen molar-refractivity contribution < 1.29 is 9.84 Å². The second kappa shape index (κ2) is 4.60. The first-order valence-corrected chi connectivity index (χ1v) is 7.65. The molecule has 0 radical (unpaired) electrons. The molecule has 1 aromatic carbocycles. The molecule has 4 rings (SSSR count). The molecular formula is C17H22O2. The van der Waals surface area contributed by atoms with E-state index in [1.54, 1.807) is 0 Å². The molecule has 0 heterocycles. The minimum absolute atomic E-state index is 0.0495. The van der Waals surface area contributed by atoms with Crippen molar-refractivity contribution in [3.63, 3.8) is 0 Å². The van der Waals surface area contributed by atoms with Gasteiger partial charge in [-0.25, -0.2) is 0 Å². The third kappa shape index (κ3) is 2.02. The highest BCUT2D eigenvalue weighted by Crippen LogP contribution is 2.55. The van der Waals surface area contributed by atoms with E-state index in [4.69, 9.17) is 4.74 Å². The summed E-state index contributed by atoms with van der Waals surface area (Å²) in [6.45, 7) is 0.724. The van der Waals surface area contributed by atoms with E-state index in [1.807, 2.05) is 6.07 Å². The Morgan fingerprint density at radius 1 is 0.947 bits per heavy atom. The lowest BCUT2D eigenvalue weighted by Crippen LogP contribution is -2.41. The van der Waals surface area contributed by atoms with Gasteiger partial charge in [-0.2, -0.15) is 0 Å². The monoisotopic (exact) mass is 258 g/mol. The molecule has 1 aromatic rings. The summed E-state index contributed by atoms with van der Waals surface area (Å²) in [6.07, 6.45) is 5.09. The minimum Gasteiger partial charge on any atom is -0.393 e. The lowest BCUT2D eigenvalue weighted by Gasteiger charge is -2.41. The Hall–Kier alpha value is -0.860. The number of aliphatic hydroxyl groups is 1. The Morgan fingerprint density at radius 2 is 1.68 bits per heavy atom. The second-order valence-electron chi connectivity index (χ2n) is 6.71. The van der Waals surface area contributed by atoms with Crippen LogP contribution in [0.3, 0.4) is 0 Å². The molecular weight excluding hydrogens is 236 g/mol. The number of fused-ring (bicyclic) bond motifs is 2. The maximum Gasteiger partial charge on any atom is 0.0720 e.